The van der Waals surface area contributed by atoms with Crippen LogP contribution in [0.15, 0.2) is 24.0 Å². The first-order valence-electron chi connectivity index (χ1n) is 5.00. The van der Waals surface area contributed by atoms with Crippen LogP contribution in [0.1, 0.15) is 28.2 Å². The number of rotatable bonds is 2. The lowest BCUT2D eigenvalue weighted by Gasteiger charge is -2.04. The molecule has 1 aliphatic heterocycles. The molecule has 3 heteroatoms. The van der Waals surface area contributed by atoms with E-state index in [4.69, 9.17) is 4.74 Å². The lowest BCUT2D eigenvalue weighted by molar-refractivity contribution is 0.0937. The number of allylic oxidation sites excluding steroid dienone is 1. The summed E-state index contributed by atoms with van der Waals surface area (Å²) in [4.78, 5) is 16.1. The second-order valence-electron chi connectivity index (χ2n) is 3.71. The summed E-state index contributed by atoms with van der Waals surface area (Å²) in [7, 11) is 0. The van der Waals surface area contributed by atoms with Crippen LogP contribution in [0.2, 0.25) is 0 Å². The molecule has 1 aromatic rings. The maximum atomic E-state index is 11.9. The summed E-state index contributed by atoms with van der Waals surface area (Å²) < 4.78 is 5.22. The van der Waals surface area contributed by atoms with Crippen LogP contribution in [-0.4, -0.2) is 17.4 Å². The summed E-state index contributed by atoms with van der Waals surface area (Å²) in [6, 6.07) is 3.73. The molecule has 1 aromatic heterocycles. The van der Waals surface area contributed by atoms with Crippen LogP contribution in [0, 0.1) is 13.8 Å². The number of carbonyl (C=O) groups is 1. The minimum atomic E-state index is -0.112. The molecule has 78 valence electrons. The van der Waals surface area contributed by atoms with Gasteiger partial charge in [0.25, 0.3) is 0 Å². The first-order valence-corrected chi connectivity index (χ1v) is 5.00. The maximum Gasteiger partial charge on any atom is 0.245 e. The number of ether oxygens (including phenoxy) is 1. The predicted octanol–water partition coefficient (Wildman–Crippen LogP) is 2.19. The van der Waals surface area contributed by atoms with Crippen molar-refractivity contribution in [3.05, 3.63) is 40.9 Å². The highest BCUT2D eigenvalue weighted by Gasteiger charge is 2.18. The Bertz CT molecular complexity index is 415. The third kappa shape index (κ3) is 2.06. The van der Waals surface area contributed by atoms with E-state index in [0.717, 1.165) is 17.7 Å². The standard InChI is InChI=1S/C12H13NO2/c1-8-6-9(2)13-10(7-8)12(14)11-4-3-5-15-11/h4,6-7H,3,5H2,1-2H3. The van der Waals surface area contributed by atoms with Crippen LogP contribution in [-0.2, 0) is 4.74 Å². The van der Waals surface area contributed by atoms with Gasteiger partial charge in [0.1, 0.15) is 5.69 Å². The summed E-state index contributed by atoms with van der Waals surface area (Å²) in [5.74, 6) is 0.326. The van der Waals surface area contributed by atoms with Gasteiger partial charge in [-0.3, -0.25) is 4.79 Å². The van der Waals surface area contributed by atoms with Crippen molar-refractivity contribution < 1.29 is 9.53 Å². The molecule has 0 atom stereocenters. The van der Waals surface area contributed by atoms with Gasteiger partial charge in [0.15, 0.2) is 5.76 Å². The highest BCUT2D eigenvalue weighted by atomic mass is 16.5. The topological polar surface area (TPSA) is 39.2 Å². The average molecular weight is 203 g/mol. The van der Waals surface area contributed by atoms with Crippen LogP contribution in [0.5, 0.6) is 0 Å². The Morgan fingerprint density at radius 1 is 1.40 bits per heavy atom. The number of pyridine rings is 1. The Labute approximate surface area is 88.8 Å². The third-order valence-corrected chi connectivity index (χ3v) is 2.26. The summed E-state index contributed by atoms with van der Waals surface area (Å²) >= 11 is 0. The van der Waals surface area contributed by atoms with Gasteiger partial charge < -0.3 is 4.74 Å². The van der Waals surface area contributed by atoms with Gasteiger partial charge in [-0.15, -0.1) is 0 Å². The number of aromatic nitrogens is 1. The zero-order valence-corrected chi connectivity index (χ0v) is 8.91. The Kier molecular flexibility index (Phi) is 2.54. The maximum absolute atomic E-state index is 11.9. The third-order valence-electron chi connectivity index (χ3n) is 2.26. The first-order chi connectivity index (χ1) is 7.16. The first kappa shape index (κ1) is 9.90. The number of carbonyl (C=O) groups excluding carboxylic acids is 1. The molecule has 0 fully saturated rings. The van der Waals surface area contributed by atoms with Crippen molar-refractivity contribution in [2.45, 2.75) is 20.3 Å². The number of hydrogen-bond donors (Lipinski definition) is 0. The molecule has 0 saturated heterocycles. The van der Waals surface area contributed by atoms with Crippen molar-refractivity contribution in [1.82, 2.24) is 4.98 Å². The normalized spacial score (nSPS) is 14.7. The van der Waals surface area contributed by atoms with Gasteiger partial charge >= 0.3 is 0 Å². The Morgan fingerprint density at radius 3 is 2.80 bits per heavy atom. The molecule has 0 aromatic carbocycles. The van der Waals surface area contributed by atoms with Crippen molar-refractivity contribution in [2.75, 3.05) is 6.61 Å². The molecule has 0 aliphatic carbocycles. The molecule has 0 radical (unpaired) electrons. The number of aryl methyl sites for hydroxylation is 2. The lowest BCUT2D eigenvalue weighted by atomic mass is 10.1. The monoisotopic (exact) mass is 203 g/mol. The fourth-order valence-corrected chi connectivity index (χ4v) is 1.66. The van der Waals surface area contributed by atoms with Crippen molar-refractivity contribution in [3.63, 3.8) is 0 Å². The molecule has 0 amide bonds. The summed E-state index contributed by atoms with van der Waals surface area (Å²) in [5, 5.41) is 0. The minimum Gasteiger partial charge on any atom is -0.489 e. The fourth-order valence-electron chi connectivity index (χ4n) is 1.66. The Morgan fingerprint density at radius 2 is 2.20 bits per heavy atom. The Balaban J connectivity index is 2.32. The van der Waals surface area contributed by atoms with Crippen LogP contribution in [0.25, 0.3) is 0 Å². The number of ketones is 1. The molecule has 0 bridgehead atoms. The van der Waals surface area contributed by atoms with Crippen molar-refractivity contribution in [3.8, 4) is 0 Å². The second kappa shape index (κ2) is 3.85. The van der Waals surface area contributed by atoms with Crippen molar-refractivity contribution in [1.29, 1.82) is 0 Å². The van der Waals surface area contributed by atoms with Gasteiger partial charge in [0, 0.05) is 12.1 Å². The summed E-state index contributed by atoms with van der Waals surface area (Å²) in [6.45, 7) is 4.44. The molecular weight excluding hydrogens is 190 g/mol. The van der Waals surface area contributed by atoms with E-state index in [1.165, 1.54) is 0 Å². The van der Waals surface area contributed by atoms with Crippen molar-refractivity contribution >= 4 is 5.78 Å². The number of hydrogen-bond acceptors (Lipinski definition) is 3. The quantitative estimate of drug-likeness (QED) is 0.691. The largest absolute Gasteiger partial charge is 0.489 e. The second-order valence-corrected chi connectivity index (χ2v) is 3.71. The average Bonchev–Trinajstić information content (AvgIpc) is 2.67. The summed E-state index contributed by atoms with van der Waals surface area (Å²) in [6.07, 6.45) is 2.63. The molecule has 3 nitrogen and oxygen atoms in total. The zero-order valence-electron chi connectivity index (χ0n) is 8.91. The van der Waals surface area contributed by atoms with Gasteiger partial charge in [-0.2, -0.15) is 0 Å². The molecule has 1 aliphatic rings. The predicted molar refractivity (Wildman–Crippen MR) is 56.7 cm³/mol. The fraction of sp³-hybridized carbons (Fsp3) is 0.333. The van der Waals surface area contributed by atoms with E-state index < -0.39 is 0 Å². The number of nitrogens with zero attached hydrogens (tertiary/aromatic N) is 1. The molecule has 0 N–H and O–H groups in total. The molecule has 0 saturated carbocycles. The van der Waals surface area contributed by atoms with E-state index in [9.17, 15) is 4.79 Å². The van der Waals surface area contributed by atoms with Gasteiger partial charge in [-0.1, -0.05) is 0 Å². The van der Waals surface area contributed by atoms with Crippen LogP contribution < -0.4 is 0 Å². The van der Waals surface area contributed by atoms with Gasteiger partial charge in [0.2, 0.25) is 5.78 Å². The van der Waals surface area contributed by atoms with E-state index in [1.807, 2.05) is 26.0 Å². The van der Waals surface area contributed by atoms with E-state index in [-0.39, 0.29) is 5.78 Å². The zero-order chi connectivity index (χ0) is 10.8. The van der Waals surface area contributed by atoms with Gasteiger partial charge in [-0.25, -0.2) is 4.98 Å². The SMILES string of the molecule is Cc1cc(C)nc(C(=O)C2=CCCO2)c1. The van der Waals surface area contributed by atoms with E-state index >= 15 is 0 Å². The molecule has 2 rings (SSSR count). The van der Waals surface area contributed by atoms with E-state index in [2.05, 4.69) is 4.98 Å². The smallest absolute Gasteiger partial charge is 0.245 e. The van der Waals surface area contributed by atoms with Crippen molar-refractivity contribution in [2.24, 2.45) is 0 Å². The lowest BCUT2D eigenvalue weighted by Crippen LogP contribution is -2.07. The highest BCUT2D eigenvalue weighted by molar-refractivity contribution is 6.06. The Hall–Kier alpha value is -1.64. The highest BCUT2D eigenvalue weighted by Crippen LogP contribution is 2.15. The van der Waals surface area contributed by atoms with E-state index in [1.54, 1.807) is 6.07 Å². The van der Waals surface area contributed by atoms with Gasteiger partial charge in [-0.05, 0) is 37.6 Å². The van der Waals surface area contributed by atoms with Crippen LogP contribution in [0.4, 0.5) is 0 Å². The summed E-state index contributed by atoms with van der Waals surface area (Å²) in [5.41, 5.74) is 2.38. The molecule has 0 unspecified atom stereocenters. The number of Topliss-reactive ketones (excluding diaryl/α,β-unsaturated/α-hetero) is 1. The van der Waals surface area contributed by atoms with Crippen LogP contribution in [0.3, 0.4) is 0 Å². The molecule has 0 spiro atoms. The van der Waals surface area contributed by atoms with Crippen LogP contribution >= 0.6 is 0 Å². The minimum absolute atomic E-state index is 0.112. The van der Waals surface area contributed by atoms with Gasteiger partial charge in [0.05, 0.1) is 6.61 Å². The van der Waals surface area contributed by atoms with E-state index in [0.29, 0.717) is 18.1 Å². The molecular formula is C12H13NO2. The molecule has 15 heavy (non-hydrogen) atoms. The molecule has 2 heterocycles.